The standard InChI is InChI=1S/C13H18N2O3/c1-4-13(17)14-8-10-7-11(15-9(2)16)5-6-12(10)18-3/h5-7H,4,8H2,1-3H3,(H,14,17)(H,15,16). The highest BCUT2D eigenvalue weighted by Gasteiger charge is 2.06. The largest absolute Gasteiger partial charge is 0.496 e. The topological polar surface area (TPSA) is 67.4 Å². The van der Waals surface area contributed by atoms with Gasteiger partial charge in [-0.15, -0.1) is 0 Å². The molecular formula is C13H18N2O3. The van der Waals surface area contributed by atoms with E-state index in [0.29, 0.717) is 24.4 Å². The van der Waals surface area contributed by atoms with Gasteiger partial charge in [0.05, 0.1) is 7.11 Å². The molecule has 0 aliphatic rings. The van der Waals surface area contributed by atoms with E-state index in [0.717, 1.165) is 5.56 Å². The molecule has 5 nitrogen and oxygen atoms in total. The fraction of sp³-hybridized carbons (Fsp3) is 0.385. The minimum absolute atomic E-state index is 0.0259. The molecule has 0 fully saturated rings. The molecule has 1 aromatic rings. The molecule has 0 atom stereocenters. The van der Waals surface area contributed by atoms with Crippen LogP contribution in [0.2, 0.25) is 0 Å². The number of nitrogens with one attached hydrogen (secondary N) is 2. The van der Waals surface area contributed by atoms with E-state index in [1.54, 1.807) is 32.2 Å². The van der Waals surface area contributed by atoms with Gasteiger partial charge in [0, 0.05) is 31.1 Å². The van der Waals surface area contributed by atoms with Crippen molar-refractivity contribution in [2.45, 2.75) is 26.8 Å². The highest BCUT2D eigenvalue weighted by molar-refractivity contribution is 5.88. The van der Waals surface area contributed by atoms with Gasteiger partial charge in [-0.25, -0.2) is 0 Å². The SMILES string of the molecule is CCC(=O)NCc1cc(NC(C)=O)ccc1OC. The second-order valence-corrected chi connectivity index (χ2v) is 3.84. The Hall–Kier alpha value is -2.04. The van der Waals surface area contributed by atoms with Gasteiger partial charge in [-0.1, -0.05) is 6.92 Å². The molecule has 0 heterocycles. The van der Waals surface area contributed by atoms with Crippen molar-refractivity contribution < 1.29 is 14.3 Å². The van der Waals surface area contributed by atoms with Crippen LogP contribution in [0.25, 0.3) is 0 Å². The molecule has 0 unspecified atom stereocenters. The maximum absolute atomic E-state index is 11.2. The second kappa shape index (κ2) is 6.64. The minimum Gasteiger partial charge on any atom is -0.496 e. The molecular weight excluding hydrogens is 232 g/mol. The Kier molecular flexibility index (Phi) is 5.17. The fourth-order valence-electron chi connectivity index (χ4n) is 1.52. The molecule has 2 amide bonds. The summed E-state index contributed by atoms with van der Waals surface area (Å²) in [6.07, 6.45) is 0.438. The van der Waals surface area contributed by atoms with E-state index >= 15 is 0 Å². The molecule has 0 radical (unpaired) electrons. The molecule has 1 aromatic carbocycles. The molecule has 98 valence electrons. The molecule has 0 bridgehead atoms. The van der Waals surface area contributed by atoms with Gasteiger partial charge in [-0.05, 0) is 18.2 Å². The third-order valence-electron chi connectivity index (χ3n) is 2.40. The number of hydrogen-bond acceptors (Lipinski definition) is 3. The van der Waals surface area contributed by atoms with E-state index in [9.17, 15) is 9.59 Å². The molecule has 5 heteroatoms. The van der Waals surface area contributed by atoms with Gasteiger partial charge >= 0.3 is 0 Å². The number of amides is 2. The van der Waals surface area contributed by atoms with Crippen molar-refractivity contribution in [2.75, 3.05) is 12.4 Å². The lowest BCUT2D eigenvalue weighted by Crippen LogP contribution is -2.21. The van der Waals surface area contributed by atoms with Crippen LogP contribution in [0.15, 0.2) is 18.2 Å². The van der Waals surface area contributed by atoms with Crippen LogP contribution in [0.5, 0.6) is 5.75 Å². The van der Waals surface area contributed by atoms with Crippen molar-refractivity contribution >= 4 is 17.5 Å². The fourth-order valence-corrected chi connectivity index (χ4v) is 1.52. The van der Waals surface area contributed by atoms with Crippen LogP contribution in [0.4, 0.5) is 5.69 Å². The van der Waals surface area contributed by atoms with Crippen molar-refractivity contribution in [3.63, 3.8) is 0 Å². The number of anilines is 1. The van der Waals surface area contributed by atoms with Crippen molar-refractivity contribution in [2.24, 2.45) is 0 Å². The first-order valence-corrected chi connectivity index (χ1v) is 5.78. The summed E-state index contributed by atoms with van der Waals surface area (Å²) in [6.45, 7) is 3.62. The number of methoxy groups -OCH3 is 1. The lowest BCUT2D eigenvalue weighted by Gasteiger charge is -2.11. The number of carbonyl (C=O) groups is 2. The molecule has 1 rings (SSSR count). The lowest BCUT2D eigenvalue weighted by molar-refractivity contribution is -0.121. The average Bonchev–Trinajstić information content (AvgIpc) is 2.35. The summed E-state index contributed by atoms with van der Waals surface area (Å²) < 4.78 is 5.21. The van der Waals surface area contributed by atoms with Crippen LogP contribution in [-0.2, 0) is 16.1 Å². The van der Waals surface area contributed by atoms with Crippen LogP contribution < -0.4 is 15.4 Å². The maximum Gasteiger partial charge on any atom is 0.221 e. The molecule has 0 spiro atoms. The average molecular weight is 250 g/mol. The zero-order valence-electron chi connectivity index (χ0n) is 10.9. The summed E-state index contributed by atoms with van der Waals surface area (Å²) in [6, 6.07) is 5.31. The molecule has 0 aliphatic heterocycles. The van der Waals surface area contributed by atoms with E-state index in [4.69, 9.17) is 4.74 Å². The summed E-state index contributed by atoms with van der Waals surface area (Å²) >= 11 is 0. The van der Waals surface area contributed by atoms with Gasteiger partial charge < -0.3 is 15.4 Å². The third kappa shape index (κ3) is 4.08. The number of ether oxygens (including phenoxy) is 1. The third-order valence-corrected chi connectivity index (χ3v) is 2.40. The number of benzene rings is 1. The Morgan fingerprint density at radius 3 is 2.61 bits per heavy atom. The molecule has 0 aromatic heterocycles. The van der Waals surface area contributed by atoms with Crippen molar-refractivity contribution in [3.8, 4) is 5.75 Å². The Labute approximate surface area is 107 Å². The van der Waals surface area contributed by atoms with Crippen LogP contribution >= 0.6 is 0 Å². The first-order valence-electron chi connectivity index (χ1n) is 5.78. The summed E-state index contributed by atoms with van der Waals surface area (Å²) in [5, 5.41) is 5.46. The normalized spacial score (nSPS) is 9.72. The van der Waals surface area contributed by atoms with Gasteiger partial charge in [-0.3, -0.25) is 9.59 Å². The highest BCUT2D eigenvalue weighted by atomic mass is 16.5. The Bertz CT molecular complexity index is 444. The predicted octanol–water partition coefficient (Wildman–Crippen LogP) is 1.68. The summed E-state index contributed by atoms with van der Waals surface area (Å²) in [7, 11) is 1.57. The van der Waals surface area contributed by atoms with Crippen LogP contribution in [0, 0.1) is 0 Å². The molecule has 2 N–H and O–H groups in total. The predicted molar refractivity (Wildman–Crippen MR) is 69.4 cm³/mol. The maximum atomic E-state index is 11.2. The zero-order chi connectivity index (χ0) is 13.5. The van der Waals surface area contributed by atoms with E-state index in [2.05, 4.69) is 10.6 Å². The minimum atomic E-state index is -0.135. The van der Waals surface area contributed by atoms with E-state index in [1.807, 2.05) is 0 Å². The van der Waals surface area contributed by atoms with E-state index in [-0.39, 0.29) is 11.8 Å². The van der Waals surface area contributed by atoms with Gasteiger partial charge in [0.2, 0.25) is 11.8 Å². The number of carbonyl (C=O) groups excluding carboxylic acids is 2. The van der Waals surface area contributed by atoms with Gasteiger partial charge in [-0.2, -0.15) is 0 Å². The smallest absolute Gasteiger partial charge is 0.221 e. The van der Waals surface area contributed by atoms with Crippen LogP contribution in [0.1, 0.15) is 25.8 Å². The Morgan fingerprint density at radius 1 is 1.33 bits per heavy atom. The van der Waals surface area contributed by atoms with E-state index in [1.165, 1.54) is 6.92 Å². The first kappa shape index (κ1) is 14.0. The van der Waals surface area contributed by atoms with Gasteiger partial charge in [0.15, 0.2) is 0 Å². The van der Waals surface area contributed by atoms with Crippen molar-refractivity contribution in [1.82, 2.24) is 5.32 Å². The Morgan fingerprint density at radius 2 is 2.06 bits per heavy atom. The molecule has 0 saturated heterocycles. The second-order valence-electron chi connectivity index (χ2n) is 3.84. The molecule has 0 saturated carbocycles. The number of rotatable bonds is 5. The highest BCUT2D eigenvalue weighted by Crippen LogP contribution is 2.22. The van der Waals surface area contributed by atoms with Crippen LogP contribution in [0.3, 0.4) is 0 Å². The van der Waals surface area contributed by atoms with Gasteiger partial charge in [0.25, 0.3) is 0 Å². The van der Waals surface area contributed by atoms with Crippen LogP contribution in [-0.4, -0.2) is 18.9 Å². The molecule has 0 aliphatic carbocycles. The van der Waals surface area contributed by atoms with E-state index < -0.39 is 0 Å². The van der Waals surface area contributed by atoms with Crippen molar-refractivity contribution in [1.29, 1.82) is 0 Å². The quantitative estimate of drug-likeness (QED) is 0.835. The van der Waals surface area contributed by atoms with Crippen molar-refractivity contribution in [3.05, 3.63) is 23.8 Å². The van der Waals surface area contributed by atoms with Gasteiger partial charge in [0.1, 0.15) is 5.75 Å². The lowest BCUT2D eigenvalue weighted by atomic mass is 10.1. The monoisotopic (exact) mass is 250 g/mol. The summed E-state index contributed by atoms with van der Waals surface area (Å²) in [5.41, 5.74) is 1.51. The summed E-state index contributed by atoms with van der Waals surface area (Å²) in [4.78, 5) is 22.2. The number of hydrogen-bond donors (Lipinski definition) is 2. The first-order chi connectivity index (χ1) is 8.56. The summed E-state index contributed by atoms with van der Waals surface area (Å²) in [5.74, 6) is 0.520. The Balaban J connectivity index is 2.84. The zero-order valence-corrected chi connectivity index (χ0v) is 10.9. The molecule has 18 heavy (non-hydrogen) atoms.